The van der Waals surface area contributed by atoms with Gasteiger partial charge in [-0.05, 0) is 35.0 Å². The van der Waals surface area contributed by atoms with Crippen LogP contribution in [0.15, 0.2) is 65.2 Å². The molecule has 0 spiro atoms. The van der Waals surface area contributed by atoms with Crippen molar-refractivity contribution in [2.75, 3.05) is 12.4 Å². The molecule has 3 aromatic rings. The van der Waals surface area contributed by atoms with Gasteiger partial charge in [-0.3, -0.25) is 0 Å². The van der Waals surface area contributed by atoms with E-state index in [0.29, 0.717) is 19.0 Å². The number of nitrogens with zero attached hydrogens (tertiary/aromatic N) is 1. The van der Waals surface area contributed by atoms with E-state index in [1.165, 1.54) is 0 Å². The Labute approximate surface area is 134 Å². The first kappa shape index (κ1) is 15.0. The lowest BCUT2D eigenvalue weighted by atomic mass is 10.2. The molecule has 1 heterocycles. The number of benzene rings is 2. The molecule has 0 aliphatic heterocycles. The molecule has 0 atom stereocenters. The van der Waals surface area contributed by atoms with E-state index in [1.807, 2.05) is 54.6 Å². The average molecular weight is 310 g/mol. The Morgan fingerprint density at radius 1 is 1.04 bits per heavy atom. The maximum atomic E-state index is 5.62. The molecule has 0 radical (unpaired) electrons. The fraction of sp³-hybridized carbons (Fsp3) is 0.167. The molecule has 0 aliphatic carbocycles. The summed E-state index contributed by atoms with van der Waals surface area (Å²) in [7, 11) is 1.64. The number of hydrogen-bond acceptors (Lipinski definition) is 5. The van der Waals surface area contributed by atoms with Gasteiger partial charge in [0.15, 0.2) is 5.76 Å². The van der Waals surface area contributed by atoms with Gasteiger partial charge in [-0.2, -0.15) is 0 Å². The van der Waals surface area contributed by atoms with Crippen LogP contribution >= 0.6 is 0 Å². The molecule has 1 N–H and O–H groups in total. The molecule has 0 unspecified atom stereocenters. The summed E-state index contributed by atoms with van der Waals surface area (Å²) in [5.74, 6) is 2.02. The second kappa shape index (κ2) is 7.35. The molecule has 5 nitrogen and oxygen atoms in total. The first-order valence-electron chi connectivity index (χ1n) is 7.34. The predicted molar refractivity (Wildman–Crippen MR) is 87.6 cm³/mol. The van der Waals surface area contributed by atoms with Crippen molar-refractivity contribution in [1.29, 1.82) is 0 Å². The number of anilines is 1. The second-order valence-corrected chi connectivity index (χ2v) is 4.99. The van der Waals surface area contributed by atoms with Gasteiger partial charge in [0.2, 0.25) is 0 Å². The summed E-state index contributed by atoms with van der Waals surface area (Å²) < 4.78 is 16.0. The minimum absolute atomic E-state index is 0.433. The van der Waals surface area contributed by atoms with Crippen molar-refractivity contribution in [3.05, 3.63) is 72.0 Å². The number of methoxy groups -OCH3 is 1. The Hall–Kier alpha value is -2.95. The maximum Gasteiger partial charge on any atom is 0.254 e. The van der Waals surface area contributed by atoms with Crippen LogP contribution in [0.25, 0.3) is 0 Å². The highest BCUT2D eigenvalue weighted by molar-refractivity contribution is 5.42. The van der Waals surface area contributed by atoms with Crippen LogP contribution in [0.1, 0.15) is 11.3 Å². The maximum absolute atomic E-state index is 5.62. The highest BCUT2D eigenvalue weighted by Crippen LogP contribution is 2.16. The summed E-state index contributed by atoms with van der Waals surface area (Å²) in [5.41, 5.74) is 2.07. The van der Waals surface area contributed by atoms with Gasteiger partial charge in [-0.25, -0.2) is 0 Å². The molecule has 5 heteroatoms. The topological polar surface area (TPSA) is 56.5 Å². The van der Waals surface area contributed by atoms with E-state index >= 15 is 0 Å². The number of rotatable bonds is 7. The molecule has 3 rings (SSSR count). The van der Waals surface area contributed by atoms with Crippen molar-refractivity contribution in [2.24, 2.45) is 0 Å². The summed E-state index contributed by atoms with van der Waals surface area (Å²) in [6.07, 6.45) is 0. The molecule has 0 saturated carbocycles. The Morgan fingerprint density at radius 2 is 1.83 bits per heavy atom. The molecular formula is C18H18N2O3. The van der Waals surface area contributed by atoms with Crippen molar-refractivity contribution < 1.29 is 14.0 Å². The van der Waals surface area contributed by atoms with Gasteiger partial charge in [0.1, 0.15) is 12.4 Å². The monoisotopic (exact) mass is 310 g/mol. The minimum atomic E-state index is 0.433. The van der Waals surface area contributed by atoms with Crippen LogP contribution in [0.3, 0.4) is 0 Å². The zero-order chi connectivity index (χ0) is 15.9. The predicted octanol–water partition coefficient (Wildman–Crippen LogP) is 3.87. The molecule has 118 valence electrons. The van der Waals surface area contributed by atoms with Crippen LogP contribution in [0.5, 0.6) is 11.6 Å². The molecule has 23 heavy (non-hydrogen) atoms. The smallest absolute Gasteiger partial charge is 0.254 e. The molecule has 0 saturated heterocycles. The van der Waals surface area contributed by atoms with E-state index in [9.17, 15) is 0 Å². The van der Waals surface area contributed by atoms with E-state index in [2.05, 4.69) is 10.5 Å². The summed E-state index contributed by atoms with van der Waals surface area (Å²) in [4.78, 5) is 0. The van der Waals surface area contributed by atoms with Crippen LogP contribution in [-0.2, 0) is 13.2 Å². The molecular weight excluding hydrogens is 292 g/mol. The van der Waals surface area contributed by atoms with Crippen molar-refractivity contribution >= 4 is 5.69 Å². The molecule has 2 aromatic carbocycles. The van der Waals surface area contributed by atoms with Gasteiger partial charge >= 0.3 is 0 Å². The van der Waals surface area contributed by atoms with Gasteiger partial charge in [0.05, 0.1) is 13.7 Å². The Balaban J connectivity index is 1.50. The van der Waals surface area contributed by atoms with E-state index in [1.54, 1.807) is 13.2 Å². The normalized spacial score (nSPS) is 10.3. The summed E-state index contributed by atoms with van der Waals surface area (Å²) in [5, 5.41) is 7.17. The van der Waals surface area contributed by atoms with Crippen LogP contribution in [-0.4, -0.2) is 12.3 Å². The highest BCUT2D eigenvalue weighted by atomic mass is 16.5. The van der Waals surface area contributed by atoms with Gasteiger partial charge in [-0.1, -0.05) is 30.3 Å². The summed E-state index contributed by atoms with van der Waals surface area (Å²) in [6.45, 7) is 0.991. The molecule has 1 aromatic heterocycles. The molecule has 0 amide bonds. The SMILES string of the molecule is COc1ccc(COc2cc(CNc3ccccc3)on2)cc1. The van der Waals surface area contributed by atoms with Gasteiger partial charge in [0, 0.05) is 11.8 Å². The van der Waals surface area contributed by atoms with E-state index < -0.39 is 0 Å². The summed E-state index contributed by atoms with van der Waals surface area (Å²) in [6, 6.07) is 19.4. The van der Waals surface area contributed by atoms with E-state index in [4.69, 9.17) is 14.0 Å². The van der Waals surface area contributed by atoms with E-state index in [0.717, 1.165) is 22.8 Å². The highest BCUT2D eigenvalue weighted by Gasteiger charge is 2.05. The van der Waals surface area contributed by atoms with Crippen LogP contribution < -0.4 is 14.8 Å². The number of para-hydroxylation sites is 1. The average Bonchev–Trinajstić information content (AvgIpc) is 3.07. The zero-order valence-corrected chi connectivity index (χ0v) is 12.9. The van der Waals surface area contributed by atoms with Gasteiger partial charge < -0.3 is 19.3 Å². The molecule has 0 bridgehead atoms. The lowest BCUT2D eigenvalue weighted by Gasteiger charge is -2.03. The number of ether oxygens (including phenoxy) is 2. The number of nitrogens with one attached hydrogen (secondary N) is 1. The van der Waals surface area contributed by atoms with Gasteiger partial charge in [0.25, 0.3) is 5.88 Å². The lowest BCUT2D eigenvalue weighted by Crippen LogP contribution is -1.97. The van der Waals surface area contributed by atoms with Gasteiger partial charge in [-0.15, -0.1) is 0 Å². The quantitative estimate of drug-likeness (QED) is 0.718. The third-order valence-electron chi connectivity index (χ3n) is 3.32. The first-order valence-corrected chi connectivity index (χ1v) is 7.34. The lowest BCUT2D eigenvalue weighted by molar-refractivity contribution is 0.266. The van der Waals surface area contributed by atoms with Crippen molar-refractivity contribution in [2.45, 2.75) is 13.2 Å². The van der Waals surface area contributed by atoms with Crippen molar-refractivity contribution in [3.63, 3.8) is 0 Å². The number of hydrogen-bond donors (Lipinski definition) is 1. The van der Waals surface area contributed by atoms with Crippen molar-refractivity contribution in [1.82, 2.24) is 5.16 Å². The van der Waals surface area contributed by atoms with Crippen LogP contribution in [0, 0.1) is 0 Å². The fourth-order valence-corrected chi connectivity index (χ4v) is 2.07. The molecule has 0 fully saturated rings. The first-order chi connectivity index (χ1) is 11.3. The molecule has 0 aliphatic rings. The third kappa shape index (κ3) is 4.26. The third-order valence-corrected chi connectivity index (χ3v) is 3.32. The largest absolute Gasteiger partial charge is 0.497 e. The fourth-order valence-electron chi connectivity index (χ4n) is 2.07. The number of aromatic nitrogens is 1. The second-order valence-electron chi connectivity index (χ2n) is 4.99. The zero-order valence-electron chi connectivity index (χ0n) is 12.9. The van der Waals surface area contributed by atoms with Crippen molar-refractivity contribution in [3.8, 4) is 11.6 Å². The Bertz CT molecular complexity index is 724. The standard InChI is InChI=1S/C18H18N2O3/c1-21-16-9-7-14(8-10-16)13-22-18-11-17(23-20-18)12-19-15-5-3-2-4-6-15/h2-11,19H,12-13H2,1H3. The summed E-state index contributed by atoms with van der Waals surface area (Å²) >= 11 is 0. The Morgan fingerprint density at radius 3 is 2.57 bits per heavy atom. The minimum Gasteiger partial charge on any atom is -0.497 e. The van der Waals surface area contributed by atoms with Crippen LogP contribution in [0.2, 0.25) is 0 Å². The van der Waals surface area contributed by atoms with E-state index in [-0.39, 0.29) is 0 Å². The van der Waals surface area contributed by atoms with Crippen LogP contribution in [0.4, 0.5) is 5.69 Å². The Kier molecular flexibility index (Phi) is 4.79.